The van der Waals surface area contributed by atoms with Crippen molar-refractivity contribution >= 4 is 29.0 Å². The van der Waals surface area contributed by atoms with Gasteiger partial charge in [0, 0.05) is 16.7 Å². The van der Waals surface area contributed by atoms with Crippen LogP contribution in [0.5, 0.6) is 0 Å². The Morgan fingerprint density at radius 3 is 2.71 bits per heavy atom. The van der Waals surface area contributed by atoms with Crippen molar-refractivity contribution < 1.29 is 4.79 Å². The molecule has 2 heterocycles. The molecule has 0 bridgehead atoms. The minimum Gasteiger partial charge on any atom is -0.325 e. The molecular weight excluding hydrogens is 368 g/mol. The summed E-state index contributed by atoms with van der Waals surface area (Å²) in [6, 6.07) is 10.0. The van der Waals surface area contributed by atoms with Crippen LogP contribution >= 0.6 is 11.8 Å². The van der Waals surface area contributed by atoms with E-state index in [9.17, 15) is 4.79 Å². The average molecular weight is 397 g/mol. The highest BCUT2D eigenvalue weighted by Gasteiger charge is 2.22. The number of unbranched alkanes of at least 4 members (excludes halogenated alkanes) is 1. The van der Waals surface area contributed by atoms with E-state index in [1.807, 2.05) is 68.7 Å². The van der Waals surface area contributed by atoms with Gasteiger partial charge in [0.1, 0.15) is 5.03 Å². The van der Waals surface area contributed by atoms with Gasteiger partial charge in [-0.3, -0.25) is 4.79 Å². The van der Waals surface area contributed by atoms with Crippen LogP contribution in [0.4, 0.5) is 5.69 Å². The molecule has 148 valence electrons. The van der Waals surface area contributed by atoms with Crippen molar-refractivity contribution in [2.45, 2.75) is 52.5 Å². The standard InChI is InChI=1S/C22H28N4OS/c1-6-7-12-28-20-11-10-19-23-18(14-26(19)25-20)16-9-8-15(2)17(13-16)24-21(27)22(3,4)5/h8-11,13-14H,6-7,12H2,1-5H3,(H,24,27). The molecule has 0 saturated carbocycles. The Labute approximate surface area is 170 Å². The number of fused-ring (bicyclic) bond motifs is 1. The van der Waals surface area contributed by atoms with Gasteiger partial charge in [-0.2, -0.15) is 5.10 Å². The van der Waals surface area contributed by atoms with Crippen LogP contribution in [0.3, 0.4) is 0 Å². The van der Waals surface area contributed by atoms with E-state index in [-0.39, 0.29) is 5.91 Å². The molecule has 1 aromatic carbocycles. The maximum atomic E-state index is 12.4. The fourth-order valence-electron chi connectivity index (χ4n) is 2.63. The molecule has 0 saturated heterocycles. The lowest BCUT2D eigenvalue weighted by Gasteiger charge is -2.19. The summed E-state index contributed by atoms with van der Waals surface area (Å²) in [5.74, 6) is 1.07. The molecule has 6 heteroatoms. The van der Waals surface area contributed by atoms with Crippen molar-refractivity contribution in [3.8, 4) is 11.3 Å². The zero-order chi connectivity index (χ0) is 20.3. The number of carbonyl (C=O) groups excluding carboxylic acids is 1. The number of hydrogen-bond acceptors (Lipinski definition) is 4. The fourth-order valence-corrected chi connectivity index (χ4v) is 3.58. The molecule has 0 radical (unpaired) electrons. The van der Waals surface area contributed by atoms with Gasteiger partial charge < -0.3 is 5.32 Å². The number of rotatable bonds is 6. The monoisotopic (exact) mass is 396 g/mol. The van der Waals surface area contributed by atoms with Gasteiger partial charge in [-0.25, -0.2) is 9.50 Å². The Morgan fingerprint density at radius 2 is 2.00 bits per heavy atom. The van der Waals surface area contributed by atoms with Gasteiger partial charge in [0.2, 0.25) is 5.91 Å². The highest BCUT2D eigenvalue weighted by molar-refractivity contribution is 7.99. The summed E-state index contributed by atoms with van der Waals surface area (Å²) in [6.45, 7) is 9.91. The van der Waals surface area contributed by atoms with Gasteiger partial charge >= 0.3 is 0 Å². The maximum Gasteiger partial charge on any atom is 0.229 e. The molecule has 0 atom stereocenters. The molecule has 28 heavy (non-hydrogen) atoms. The summed E-state index contributed by atoms with van der Waals surface area (Å²) in [7, 11) is 0. The second-order valence-corrected chi connectivity index (χ2v) is 9.15. The summed E-state index contributed by atoms with van der Waals surface area (Å²) in [5, 5.41) is 8.71. The van der Waals surface area contributed by atoms with E-state index in [0.29, 0.717) is 0 Å². The third kappa shape index (κ3) is 4.73. The van der Waals surface area contributed by atoms with Crippen LogP contribution in [0.2, 0.25) is 0 Å². The van der Waals surface area contributed by atoms with Gasteiger partial charge in [-0.15, -0.1) is 11.8 Å². The van der Waals surface area contributed by atoms with Crippen LogP contribution in [0.25, 0.3) is 16.9 Å². The second kappa shape index (κ2) is 8.35. The predicted molar refractivity (Wildman–Crippen MR) is 117 cm³/mol. The lowest BCUT2D eigenvalue weighted by Crippen LogP contribution is -2.27. The van der Waals surface area contributed by atoms with Crippen molar-refractivity contribution in [1.29, 1.82) is 0 Å². The number of hydrogen-bond donors (Lipinski definition) is 1. The molecule has 0 unspecified atom stereocenters. The van der Waals surface area contributed by atoms with E-state index >= 15 is 0 Å². The van der Waals surface area contributed by atoms with E-state index in [4.69, 9.17) is 4.98 Å². The number of thioether (sulfide) groups is 1. The Kier molecular flexibility index (Phi) is 6.08. The maximum absolute atomic E-state index is 12.4. The van der Waals surface area contributed by atoms with Gasteiger partial charge in [-0.05, 0) is 42.9 Å². The molecule has 0 fully saturated rings. The van der Waals surface area contributed by atoms with Crippen molar-refractivity contribution in [1.82, 2.24) is 14.6 Å². The number of amides is 1. The molecule has 0 aliphatic heterocycles. The number of carbonyl (C=O) groups is 1. The SMILES string of the molecule is CCCCSc1ccc2nc(-c3ccc(C)c(NC(=O)C(C)(C)C)c3)cn2n1. The van der Waals surface area contributed by atoms with E-state index in [1.165, 1.54) is 12.8 Å². The van der Waals surface area contributed by atoms with Crippen LogP contribution in [0.15, 0.2) is 41.6 Å². The van der Waals surface area contributed by atoms with Gasteiger partial charge in [0.25, 0.3) is 0 Å². The van der Waals surface area contributed by atoms with Gasteiger partial charge in [0.15, 0.2) is 5.65 Å². The minimum atomic E-state index is -0.443. The molecule has 1 amide bonds. The molecule has 3 rings (SSSR count). The summed E-state index contributed by atoms with van der Waals surface area (Å²) in [4.78, 5) is 17.1. The zero-order valence-corrected chi connectivity index (χ0v) is 18.1. The molecule has 0 aliphatic carbocycles. The smallest absolute Gasteiger partial charge is 0.229 e. The number of aryl methyl sites for hydroxylation is 1. The Balaban J connectivity index is 1.87. The number of anilines is 1. The van der Waals surface area contributed by atoms with Gasteiger partial charge in [0.05, 0.1) is 11.9 Å². The van der Waals surface area contributed by atoms with Crippen molar-refractivity contribution in [3.05, 3.63) is 42.1 Å². The summed E-state index contributed by atoms with van der Waals surface area (Å²) in [5.41, 5.74) is 4.02. The highest BCUT2D eigenvalue weighted by atomic mass is 32.2. The lowest BCUT2D eigenvalue weighted by atomic mass is 9.95. The number of aromatic nitrogens is 3. The molecule has 2 aromatic heterocycles. The first kappa shape index (κ1) is 20.4. The van der Waals surface area contributed by atoms with E-state index in [2.05, 4.69) is 17.3 Å². The van der Waals surface area contributed by atoms with Crippen LogP contribution < -0.4 is 5.32 Å². The number of imidazole rings is 1. The quantitative estimate of drug-likeness (QED) is 0.436. The number of benzene rings is 1. The second-order valence-electron chi connectivity index (χ2n) is 8.04. The number of nitrogens with zero attached hydrogens (tertiary/aromatic N) is 3. The first-order valence-electron chi connectivity index (χ1n) is 9.69. The summed E-state index contributed by atoms with van der Waals surface area (Å²) < 4.78 is 1.83. The van der Waals surface area contributed by atoms with Crippen molar-refractivity contribution in [2.24, 2.45) is 5.41 Å². The van der Waals surface area contributed by atoms with Gasteiger partial charge in [-0.1, -0.05) is 46.2 Å². The van der Waals surface area contributed by atoms with E-state index in [1.54, 1.807) is 11.8 Å². The Bertz CT molecular complexity index is 988. The fraction of sp³-hybridized carbons (Fsp3) is 0.409. The van der Waals surface area contributed by atoms with E-state index < -0.39 is 5.41 Å². The van der Waals surface area contributed by atoms with Crippen LogP contribution in [-0.4, -0.2) is 26.3 Å². The molecule has 5 nitrogen and oxygen atoms in total. The normalized spacial score (nSPS) is 11.8. The molecule has 0 aliphatic rings. The topological polar surface area (TPSA) is 59.3 Å². The lowest BCUT2D eigenvalue weighted by molar-refractivity contribution is -0.123. The number of nitrogens with one attached hydrogen (secondary N) is 1. The Hall–Kier alpha value is -2.34. The molecule has 0 spiro atoms. The predicted octanol–water partition coefficient (Wildman–Crippen LogP) is 5.58. The largest absolute Gasteiger partial charge is 0.325 e. The average Bonchev–Trinajstić information content (AvgIpc) is 3.06. The third-order valence-corrected chi connectivity index (χ3v) is 5.51. The third-order valence-electron chi connectivity index (χ3n) is 4.51. The first-order chi connectivity index (χ1) is 13.3. The zero-order valence-electron chi connectivity index (χ0n) is 17.2. The van der Waals surface area contributed by atoms with Crippen LogP contribution in [-0.2, 0) is 4.79 Å². The van der Waals surface area contributed by atoms with Crippen LogP contribution in [0, 0.1) is 12.3 Å². The molecule has 3 aromatic rings. The van der Waals surface area contributed by atoms with Crippen LogP contribution in [0.1, 0.15) is 46.1 Å². The van der Waals surface area contributed by atoms with Crippen molar-refractivity contribution in [2.75, 3.05) is 11.1 Å². The first-order valence-corrected chi connectivity index (χ1v) is 10.7. The Morgan fingerprint density at radius 1 is 1.21 bits per heavy atom. The minimum absolute atomic E-state index is 0.00170. The molecule has 1 N–H and O–H groups in total. The molecular formula is C22H28N4OS. The van der Waals surface area contributed by atoms with E-state index in [0.717, 1.165) is 38.9 Å². The highest BCUT2D eigenvalue weighted by Crippen LogP contribution is 2.27. The summed E-state index contributed by atoms with van der Waals surface area (Å²) in [6.07, 6.45) is 4.32. The summed E-state index contributed by atoms with van der Waals surface area (Å²) >= 11 is 1.77. The van der Waals surface area contributed by atoms with Crippen molar-refractivity contribution in [3.63, 3.8) is 0 Å².